The van der Waals surface area contributed by atoms with Gasteiger partial charge < -0.3 is 25.2 Å². The number of hydrogen-bond acceptors (Lipinski definition) is 5. The van der Waals surface area contributed by atoms with E-state index >= 15 is 0 Å². The Morgan fingerprint density at radius 1 is 1.06 bits per heavy atom. The molecule has 1 fully saturated rings. The summed E-state index contributed by atoms with van der Waals surface area (Å²) in [5, 5.41) is 14.6. The number of nitrogens with one attached hydrogen (secondary N) is 2. The second kappa shape index (κ2) is 9.62. The number of carboxylic acids is 1. The zero-order chi connectivity index (χ0) is 23.5. The molecule has 2 aliphatic rings. The van der Waals surface area contributed by atoms with E-state index in [1.165, 1.54) is 0 Å². The van der Waals surface area contributed by atoms with Crippen molar-refractivity contribution in [3.8, 4) is 11.1 Å². The number of carbonyl (C=O) groups is 3. The average Bonchev–Trinajstić information content (AvgIpc) is 3.38. The van der Waals surface area contributed by atoms with Gasteiger partial charge in [-0.1, -0.05) is 62.4 Å². The zero-order valence-electron chi connectivity index (χ0n) is 18.6. The Hall–Kier alpha value is -3.39. The number of carboxylic acid groups (broad SMARTS) is 1. The second-order valence-corrected chi connectivity index (χ2v) is 8.72. The molecule has 33 heavy (non-hydrogen) atoms. The standard InChI is InChI=1S/C25H28N2O6/c1-14(2)21(23(28)26-20-11-12-32-22(20)24(29)30)27-25(31)33-13-19-17-9-5-3-7-15(17)16-8-4-6-10-18(16)19/h3-10,14,19-22H,11-13H2,1-2H3,(H,26,28)(H,27,31)(H,29,30)/t20?,21-,22?/m0/s1. The average molecular weight is 453 g/mol. The minimum atomic E-state index is -1.12. The number of ether oxygens (including phenoxy) is 2. The Labute approximate surface area is 192 Å². The number of amides is 2. The number of aliphatic carboxylic acids is 1. The number of rotatable bonds is 7. The van der Waals surface area contributed by atoms with Crippen LogP contribution in [0, 0.1) is 5.92 Å². The van der Waals surface area contributed by atoms with Crippen LogP contribution in [0.4, 0.5) is 4.79 Å². The van der Waals surface area contributed by atoms with E-state index in [9.17, 15) is 19.5 Å². The maximum atomic E-state index is 12.8. The van der Waals surface area contributed by atoms with Gasteiger partial charge in [-0.3, -0.25) is 4.79 Å². The van der Waals surface area contributed by atoms with Crippen LogP contribution >= 0.6 is 0 Å². The predicted octanol–water partition coefficient (Wildman–Crippen LogP) is 2.91. The molecule has 2 aromatic rings. The molecule has 8 nitrogen and oxygen atoms in total. The highest BCUT2D eigenvalue weighted by Crippen LogP contribution is 2.44. The summed E-state index contributed by atoms with van der Waals surface area (Å²) in [4.78, 5) is 36.7. The Morgan fingerprint density at radius 3 is 2.24 bits per heavy atom. The van der Waals surface area contributed by atoms with Gasteiger partial charge in [-0.25, -0.2) is 9.59 Å². The summed E-state index contributed by atoms with van der Waals surface area (Å²) < 4.78 is 10.7. The molecule has 3 atom stereocenters. The Kier molecular flexibility index (Phi) is 6.65. The summed E-state index contributed by atoms with van der Waals surface area (Å²) in [6.45, 7) is 4.00. The third-order valence-electron chi connectivity index (χ3n) is 6.23. The predicted molar refractivity (Wildman–Crippen MR) is 121 cm³/mol. The lowest BCUT2D eigenvalue weighted by molar-refractivity contribution is -0.148. The number of carbonyl (C=O) groups excluding carboxylic acids is 2. The third-order valence-corrected chi connectivity index (χ3v) is 6.23. The minimum Gasteiger partial charge on any atom is -0.479 e. The highest BCUT2D eigenvalue weighted by Gasteiger charge is 2.37. The molecule has 174 valence electrons. The quantitative estimate of drug-likeness (QED) is 0.595. The van der Waals surface area contributed by atoms with Crippen molar-refractivity contribution in [2.75, 3.05) is 13.2 Å². The van der Waals surface area contributed by atoms with Gasteiger partial charge in [-0.15, -0.1) is 0 Å². The van der Waals surface area contributed by atoms with Gasteiger partial charge in [0.25, 0.3) is 0 Å². The van der Waals surface area contributed by atoms with Crippen molar-refractivity contribution < 1.29 is 29.0 Å². The highest BCUT2D eigenvalue weighted by atomic mass is 16.5. The van der Waals surface area contributed by atoms with Crippen molar-refractivity contribution in [2.45, 2.75) is 44.4 Å². The number of benzene rings is 2. The third kappa shape index (κ3) is 4.71. The summed E-state index contributed by atoms with van der Waals surface area (Å²) in [7, 11) is 0. The van der Waals surface area contributed by atoms with Crippen molar-refractivity contribution in [1.29, 1.82) is 0 Å². The van der Waals surface area contributed by atoms with Crippen LogP contribution in [0.1, 0.15) is 37.3 Å². The van der Waals surface area contributed by atoms with Crippen LogP contribution < -0.4 is 10.6 Å². The molecule has 0 saturated carbocycles. The van der Waals surface area contributed by atoms with Crippen LogP contribution in [-0.2, 0) is 19.1 Å². The van der Waals surface area contributed by atoms with E-state index in [4.69, 9.17) is 9.47 Å². The molecule has 3 N–H and O–H groups in total. The fraction of sp³-hybridized carbons (Fsp3) is 0.400. The van der Waals surface area contributed by atoms with Gasteiger partial charge >= 0.3 is 12.1 Å². The second-order valence-electron chi connectivity index (χ2n) is 8.72. The first kappa shape index (κ1) is 22.8. The van der Waals surface area contributed by atoms with Gasteiger partial charge in [0.15, 0.2) is 6.10 Å². The monoisotopic (exact) mass is 452 g/mol. The van der Waals surface area contributed by atoms with Crippen molar-refractivity contribution in [2.24, 2.45) is 5.92 Å². The summed E-state index contributed by atoms with van der Waals surface area (Å²) >= 11 is 0. The molecule has 0 aromatic heterocycles. The zero-order valence-corrected chi connectivity index (χ0v) is 18.6. The minimum absolute atomic E-state index is 0.0820. The van der Waals surface area contributed by atoms with Crippen LogP contribution in [0.3, 0.4) is 0 Å². The van der Waals surface area contributed by atoms with Crippen LogP contribution in [0.25, 0.3) is 11.1 Å². The molecule has 1 aliphatic heterocycles. The summed E-state index contributed by atoms with van der Waals surface area (Å²) in [6.07, 6.45) is -1.38. The van der Waals surface area contributed by atoms with Gasteiger partial charge in [0.1, 0.15) is 12.6 Å². The Morgan fingerprint density at radius 2 is 1.67 bits per heavy atom. The maximum absolute atomic E-state index is 12.8. The first-order valence-corrected chi connectivity index (χ1v) is 11.1. The Bertz CT molecular complexity index is 1010. The molecule has 0 radical (unpaired) electrons. The van der Waals surface area contributed by atoms with Crippen LogP contribution in [-0.4, -0.2) is 54.5 Å². The van der Waals surface area contributed by atoms with E-state index in [2.05, 4.69) is 22.8 Å². The number of hydrogen-bond donors (Lipinski definition) is 3. The summed E-state index contributed by atoms with van der Waals surface area (Å²) in [5.41, 5.74) is 4.47. The largest absolute Gasteiger partial charge is 0.479 e. The van der Waals surface area contributed by atoms with Crippen LogP contribution in [0.2, 0.25) is 0 Å². The van der Waals surface area contributed by atoms with Crippen molar-refractivity contribution in [3.05, 3.63) is 59.7 Å². The van der Waals surface area contributed by atoms with E-state index in [1.807, 2.05) is 36.4 Å². The van der Waals surface area contributed by atoms with Crippen LogP contribution in [0.15, 0.2) is 48.5 Å². The summed E-state index contributed by atoms with van der Waals surface area (Å²) in [6, 6.07) is 14.6. The molecule has 1 saturated heterocycles. The van der Waals surface area contributed by atoms with Gasteiger partial charge in [0.05, 0.1) is 6.04 Å². The molecule has 2 aromatic carbocycles. The van der Waals surface area contributed by atoms with Gasteiger partial charge in [-0.2, -0.15) is 0 Å². The molecule has 4 rings (SSSR count). The SMILES string of the molecule is CC(C)[C@H](NC(=O)OCC1c2ccccc2-c2ccccc21)C(=O)NC1CCOC1C(=O)O. The lowest BCUT2D eigenvalue weighted by Gasteiger charge is -2.25. The number of fused-ring (bicyclic) bond motifs is 3. The van der Waals surface area contributed by atoms with E-state index < -0.39 is 36.2 Å². The number of alkyl carbamates (subject to hydrolysis) is 1. The van der Waals surface area contributed by atoms with Crippen LogP contribution in [0.5, 0.6) is 0 Å². The highest BCUT2D eigenvalue weighted by molar-refractivity contribution is 5.87. The fourth-order valence-electron chi connectivity index (χ4n) is 4.56. The molecule has 2 amide bonds. The van der Waals surface area contributed by atoms with Gasteiger partial charge in [-0.05, 0) is 34.6 Å². The molecular weight excluding hydrogens is 424 g/mol. The van der Waals surface area contributed by atoms with E-state index in [0.717, 1.165) is 22.3 Å². The molecule has 8 heteroatoms. The van der Waals surface area contributed by atoms with Gasteiger partial charge in [0.2, 0.25) is 5.91 Å². The molecular formula is C25H28N2O6. The molecule has 1 aliphatic carbocycles. The van der Waals surface area contributed by atoms with E-state index in [0.29, 0.717) is 6.42 Å². The lowest BCUT2D eigenvalue weighted by Crippen LogP contribution is -2.54. The maximum Gasteiger partial charge on any atom is 0.407 e. The Balaban J connectivity index is 1.39. The normalized spacial score (nSPS) is 20.1. The summed E-state index contributed by atoms with van der Waals surface area (Å²) in [5.74, 6) is -1.89. The molecule has 1 heterocycles. The topological polar surface area (TPSA) is 114 Å². The van der Waals surface area contributed by atoms with Crippen molar-refractivity contribution in [1.82, 2.24) is 10.6 Å². The van der Waals surface area contributed by atoms with Crippen molar-refractivity contribution in [3.63, 3.8) is 0 Å². The van der Waals surface area contributed by atoms with Crippen molar-refractivity contribution >= 4 is 18.0 Å². The lowest BCUT2D eigenvalue weighted by atomic mass is 9.98. The van der Waals surface area contributed by atoms with Gasteiger partial charge in [0, 0.05) is 12.5 Å². The molecule has 2 unspecified atom stereocenters. The molecule has 0 bridgehead atoms. The van der Waals surface area contributed by atoms with E-state index in [1.54, 1.807) is 13.8 Å². The smallest absolute Gasteiger partial charge is 0.407 e. The first-order chi connectivity index (χ1) is 15.9. The first-order valence-electron chi connectivity index (χ1n) is 11.1. The van der Waals surface area contributed by atoms with E-state index in [-0.39, 0.29) is 25.0 Å². The fourth-order valence-corrected chi connectivity index (χ4v) is 4.56. The molecule has 0 spiro atoms.